The topological polar surface area (TPSA) is 118 Å². The second kappa shape index (κ2) is 6.40. The van der Waals surface area contributed by atoms with E-state index in [1.165, 1.54) is 0 Å². The second-order valence-electron chi connectivity index (χ2n) is 5.43. The molecule has 0 saturated carbocycles. The molecule has 7 nitrogen and oxygen atoms in total. The summed E-state index contributed by atoms with van der Waals surface area (Å²) in [4.78, 5) is 11.0. The van der Waals surface area contributed by atoms with Gasteiger partial charge in [-0.05, 0) is 18.8 Å². The zero-order chi connectivity index (χ0) is 15.6. The Hall–Kier alpha value is -0.670. The quantitative estimate of drug-likeness (QED) is 0.700. The molecule has 0 bridgehead atoms. The maximum atomic E-state index is 12.0. The fraction of sp³-hybridized carbons (Fsp3) is 0.909. The number of nitrogens with one attached hydrogen (secondary N) is 1. The van der Waals surface area contributed by atoms with Gasteiger partial charge in [-0.3, -0.25) is 4.79 Å². The molecule has 0 amide bonds. The van der Waals surface area contributed by atoms with E-state index in [2.05, 4.69) is 4.72 Å². The van der Waals surface area contributed by atoms with E-state index in [4.69, 9.17) is 5.11 Å². The second-order valence-corrected chi connectivity index (χ2v) is 9.78. The highest BCUT2D eigenvalue weighted by Crippen LogP contribution is 2.19. The Labute approximate surface area is 119 Å². The third-order valence-electron chi connectivity index (χ3n) is 3.57. The molecule has 1 atom stereocenters. The summed E-state index contributed by atoms with van der Waals surface area (Å²) < 4.78 is 49.0. The first-order valence-corrected chi connectivity index (χ1v) is 9.83. The van der Waals surface area contributed by atoms with Crippen molar-refractivity contribution in [1.82, 2.24) is 4.72 Å². The van der Waals surface area contributed by atoms with Gasteiger partial charge in [0.2, 0.25) is 10.0 Å². The molecule has 1 saturated heterocycles. The number of carbonyl (C=O) groups is 1. The van der Waals surface area contributed by atoms with Crippen LogP contribution in [0.5, 0.6) is 0 Å². The lowest BCUT2D eigenvalue weighted by Crippen LogP contribution is -2.43. The van der Waals surface area contributed by atoms with E-state index >= 15 is 0 Å². The lowest BCUT2D eigenvalue weighted by molar-refractivity contribution is -0.142. The van der Waals surface area contributed by atoms with Gasteiger partial charge in [0, 0.05) is 6.54 Å². The smallest absolute Gasteiger partial charge is 0.308 e. The number of carboxylic acid groups (broad SMARTS) is 1. The molecule has 1 aliphatic heterocycles. The summed E-state index contributed by atoms with van der Waals surface area (Å²) >= 11 is 0. The third kappa shape index (κ3) is 4.71. The summed E-state index contributed by atoms with van der Waals surface area (Å²) in [5, 5.41) is 8.25. The van der Waals surface area contributed by atoms with Crippen LogP contribution in [0.3, 0.4) is 0 Å². The first-order valence-electron chi connectivity index (χ1n) is 6.47. The fourth-order valence-electron chi connectivity index (χ4n) is 2.11. The minimum absolute atomic E-state index is 0.0666. The average Bonchev–Trinajstić information content (AvgIpc) is 2.27. The van der Waals surface area contributed by atoms with Crippen LogP contribution in [-0.4, -0.2) is 51.2 Å². The van der Waals surface area contributed by atoms with Crippen molar-refractivity contribution in [1.29, 1.82) is 0 Å². The number of aliphatic carboxylic acids is 1. The normalized spacial score (nSPS) is 21.8. The van der Waals surface area contributed by atoms with Crippen molar-refractivity contribution < 1.29 is 26.7 Å². The predicted octanol–water partition coefficient (Wildman–Crippen LogP) is -0.160. The molecular formula is C11H21NO6S2. The molecular weight excluding hydrogens is 306 g/mol. The highest BCUT2D eigenvalue weighted by molar-refractivity contribution is 7.92. The maximum absolute atomic E-state index is 12.0. The third-order valence-corrected chi connectivity index (χ3v) is 7.20. The van der Waals surface area contributed by atoms with Crippen molar-refractivity contribution in [2.75, 3.05) is 18.1 Å². The number of hydrogen-bond donors (Lipinski definition) is 2. The van der Waals surface area contributed by atoms with Crippen LogP contribution in [0, 0.1) is 11.8 Å². The SMILES string of the molecule is CC(C)C(CNS(=O)(=O)C1CCS(=O)(=O)CC1)C(=O)O. The van der Waals surface area contributed by atoms with Crippen LogP contribution < -0.4 is 4.72 Å². The zero-order valence-corrected chi connectivity index (χ0v) is 13.2. The Kier molecular flexibility index (Phi) is 5.56. The Balaban J connectivity index is 2.65. The molecule has 20 heavy (non-hydrogen) atoms. The van der Waals surface area contributed by atoms with Crippen LogP contribution in [0.15, 0.2) is 0 Å². The van der Waals surface area contributed by atoms with E-state index in [1.807, 2.05) is 0 Å². The van der Waals surface area contributed by atoms with Gasteiger partial charge in [-0.15, -0.1) is 0 Å². The van der Waals surface area contributed by atoms with E-state index in [-0.39, 0.29) is 36.8 Å². The summed E-state index contributed by atoms with van der Waals surface area (Å²) in [6.45, 7) is 3.25. The van der Waals surface area contributed by atoms with Crippen LogP contribution >= 0.6 is 0 Å². The van der Waals surface area contributed by atoms with Gasteiger partial charge in [0.1, 0.15) is 9.84 Å². The average molecular weight is 327 g/mol. The number of carboxylic acids is 1. The Morgan fingerprint density at radius 3 is 2.20 bits per heavy atom. The fourth-order valence-corrected chi connectivity index (χ4v) is 5.40. The predicted molar refractivity (Wildman–Crippen MR) is 74.6 cm³/mol. The number of sulfone groups is 1. The molecule has 0 aliphatic carbocycles. The van der Waals surface area contributed by atoms with Crippen molar-refractivity contribution in [3.8, 4) is 0 Å². The van der Waals surface area contributed by atoms with Crippen LogP contribution in [0.2, 0.25) is 0 Å². The van der Waals surface area contributed by atoms with Crippen LogP contribution in [-0.2, 0) is 24.7 Å². The summed E-state index contributed by atoms with van der Waals surface area (Å²) in [7, 11) is -6.79. The Morgan fingerprint density at radius 1 is 1.30 bits per heavy atom. The molecule has 0 aromatic carbocycles. The van der Waals surface area contributed by atoms with Crippen molar-refractivity contribution in [3.05, 3.63) is 0 Å². The van der Waals surface area contributed by atoms with E-state index < -0.39 is 37.0 Å². The summed E-state index contributed by atoms with van der Waals surface area (Å²) in [6.07, 6.45) is 0.133. The van der Waals surface area contributed by atoms with Crippen molar-refractivity contribution >= 4 is 25.8 Å². The van der Waals surface area contributed by atoms with Gasteiger partial charge in [0.25, 0.3) is 0 Å². The molecule has 0 radical (unpaired) electrons. The maximum Gasteiger partial charge on any atom is 0.308 e. The highest BCUT2D eigenvalue weighted by Gasteiger charge is 2.33. The van der Waals surface area contributed by atoms with E-state index in [0.29, 0.717) is 0 Å². The molecule has 0 aromatic heterocycles. The molecule has 1 aliphatic rings. The molecule has 1 unspecified atom stereocenters. The zero-order valence-electron chi connectivity index (χ0n) is 11.6. The molecule has 0 aromatic rings. The molecule has 1 fully saturated rings. The molecule has 1 rings (SSSR count). The first-order chi connectivity index (χ1) is 9.05. The molecule has 9 heteroatoms. The summed E-state index contributed by atoms with van der Waals surface area (Å²) in [5.41, 5.74) is 0. The summed E-state index contributed by atoms with van der Waals surface area (Å²) in [5.74, 6) is -2.30. The van der Waals surface area contributed by atoms with Gasteiger partial charge in [0.05, 0.1) is 22.7 Å². The lowest BCUT2D eigenvalue weighted by atomic mass is 9.97. The minimum atomic E-state index is -3.67. The van der Waals surface area contributed by atoms with Crippen molar-refractivity contribution in [3.63, 3.8) is 0 Å². The molecule has 118 valence electrons. The largest absolute Gasteiger partial charge is 0.481 e. The first kappa shape index (κ1) is 17.4. The Morgan fingerprint density at radius 2 is 1.80 bits per heavy atom. The van der Waals surface area contributed by atoms with Crippen LogP contribution in [0.1, 0.15) is 26.7 Å². The number of sulfonamides is 1. The minimum Gasteiger partial charge on any atom is -0.481 e. The Bertz CT molecular complexity index is 537. The van der Waals surface area contributed by atoms with Gasteiger partial charge >= 0.3 is 5.97 Å². The summed E-state index contributed by atoms with van der Waals surface area (Å²) in [6, 6.07) is 0. The van der Waals surface area contributed by atoms with E-state index in [9.17, 15) is 21.6 Å². The highest BCUT2D eigenvalue weighted by atomic mass is 32.2. The van der Waals surface area contributed by atoms with Gasteiger partial charge in [-0.1, -0.05) is 13.8 Å². The van der Waals surface area contributed by atoms with Gasteiger partial charge in [-0.25, -0.2) is 21.6 Å². The van der Waals surface area contributed by atoms with Gasteiger partial charge in [0.15, 0.2) is 0 Å². The van der Waals surface area contributed by atoms with E-state index in [0.717, 1.165) is 0 Å². The van der Waals surface area contributed by atoms with Crippen molar-refractivity contribution in [2.45, 2.75) is 31.9 Å². The molecule has 2 N–H and O–H groups in total. The van der Waals surface area contributed by atoms with Gasteiger partial charge in [-0.2, -0.15) is 0 Å². The number of rotatable bonds is 6. The molecule has 1 heterocycles. The number of hydrogen-bond acceptors (Lipinski definition) is 5. The van der Waals surface area contributed by atoms with Gasteiger partial charge < -0.3 is 5.11 Å². The molecule has 0 spiro atoms. The van der Waals surface area contributed by atoms with Crippen LogP contribution in [0.4, 0.5) is 0 Å². The van der Waals surface area contributed by atoms with Crippen LogP contribution in [0.25, 0.3) is 0 Å². The lowest BCUT2D eigenvalue weighted by Gasteiger charge is -2.24. The monoisotopic (exact) mass is 327 g/mol. The van der Waals surface area contributed by atoms with E-state index in [1.54, 1.807) is 13.8 Å². The standard InChI is InChI=1S/C11H21NO6S2/c1-8(2)10(11(13)14)7-12-20(17,18)9-3-5-19(15,16)6-4-9/h8-10,12H,3-7H2,1-2H3,(H,13,14). The van der Waals surface area contributed by atoms with Crippen molar-refractivity contribution in [2.24, 2.45) is 11.8 Å².